The molecule has 0 aliphatic carbocycles. The highest BCUT2D eigenvalue weighted by molar-refractivity contribution is 7.89. The number of amides is 1. The van der Waals surface area contributed by atoms with Gasteiger partial charge in [-0.1, -0.05) is 0 Å². The summed E-state index contributed by atoms with van der Waals surface area (Å²) in [6, 6.07) is 2.77. The van der Waals surface area contributed by atoms with Crippen molar-refractivity contribution in [3.63, 3.8) is 0 Å². The molecule has 0 spiro atoms. The Morgan fingerprint density at radius 2 is 2.00 bits per heavy atom. The van der Waals surface area contributed by atoms with Gasteiger partial charge in [-0.05, 0) is 0 Å². The van der Waals surface area contributed by atoms with E-state index in [1.165, 1.54) is 19.2 Å². The van der Waals surface area contributed by atoms with Gasteiger partial charge in [-0.2, -0.15) is 0 Å². The van der Waals surface area contributed by atoms with Crippen LogP contribution in [-0.4, -0.2) is 61.4 Å². The zero-order valence-corrected chi connectivity index (χ0v) is 15.6. The van der Waals surface area contributed by atoms with E-state index in [0.29, 0.717) is 25.4 Å². The van der Waals surface area contributed by atoms with Crippen molar-refractivity contribution in [2.75, 3.05) is 52.4 Å². The molecule has 0 saturated carbocycles. The Balaban J connectivity index is 0.00000312. The summed E-state index contributed by atoms with van der Waals surface area (Å²) >= 11 is 0. The van der Waals surface area contributed by atoms with Crippen LogP contribution >= 0.6 is 12.4 Å². The van der Waals surface area contributed by atoms with Crippen molar-refractivity contribution in [3.05, 3.63) is 12.1 Å². The lowest BCUT2D eigenvalue weighted by Crippen LogP contribution is -2.33. The summed E-state index contributed by atoms with van der Waals surface area (Å²) in [6.07, 6.45) is 0. The van der Waals surface area contributed by atoms with Crippen molar-refractivity contribution >= 4 is 34.0 Å². The zero-order chi connectivity index (χ0) is 17.6. The third-order valence-electron chi connectivity index (χ3n) is 3.27. The topological polar surface area (TPSA) is 115 Å². The van der Waals surface area contributed by atoms with Gasteiger partial charge in [0.25, 0.3) is 5.91 Å². The SMILES string of the molecule is COCCNCCNS(=O)(=O)c1cc2c(cc1OC)NC(=O)CO2.Cl. The van der Waals surface area contributed by atoms with E-state index < -0.39 is 10.0 Å². The van der Waals surface area contributed by atoms with E-state index in [9.17, 15) is 13.2 Å². The van der Waals surface area contributed by atoms with Gasteiger partial charge in [-0.15, -0.1) is 12.4 Å². The predicted octanol–water partition coefficient (Wildman–Crippen LogP) is -0.0378. The quantitative estimate of drug-likeness (QED) is 0.502. The highest BCUT2D eigenvalue weighted by Crippen LogP contribution is 2.36. The number of hydrogen-bond acceptors (Lipinski definition) is 7. The summed E-state index contributed by atoms with van der Waals surface area (Å²) in [7, 11) is -0.828. The number of sulfonamides is 1. The number of anilines is 1. The standard InChI is InChI=1S/C14H21N3O6S.ClH/c1-21-6-5-15-3-4-16-24(19,20)13-8-11-10(7-12(13)22-2)17-14(18)9-23-11;/h7-8,15-16H,3-6,9H2,1-2H3,(H,17,18);1H. The summed E-state index contributed by atoms with van der Waals surface area (Å²) < 4.78 is 42.7. The molecular weight excluding hydrogens is 374 g/mol. The minimum Gasteiger partial charge on any atom is -0.495 e. The van der Waals surface area contributed by atoms with Crippen molar-refractivity contribution in [2.24, 2.45) is 0 Å². The summed E-state index contributed by atoms with van der Waals surface area (Å²) in [5.74, 6) is 0.105. The van der Waals surface area contributed by atoms with Crippen LogP contribution in [-0.2, 0) is 19.6 Å². The van der Waals surface area contributed by atoms with Gasteiger partial charge >= 0.3 is 0 Å². The molecule has 3 N–H and O–H groups in total. The first-order valence-electron chi connectivity index (χ1n) is 7.32. The lowest BCUT2D eigenvalue weighted by Gasteiger charge is -2.20. The molecule has 0 bridgehead atoms. The van der Waals surface area contributed by atoms with Gasteiger partial charge in [-0.25, -0.2) is 13.1 Å². The minimum atomic E-state index is -3.78. The highest BCUT2D eigenvalue weighted by atomic mass is 35.5. The number of fused-ring (bicyclic) bond motifs is 1. The molecule has 142 valence electrons. The van der Waals surface area contributed by atoms with E-state index >= 15 is 0 Å². The molecule has 0 unspecified atom stereocenters. The number of rotatable bonds is 9. The number of nitrogens with one attached hydrogen (secondary N) is 3. The van der Waals surface area contributed by atoms with E-state index in [2.05, 4.69) is 15.4 Å². The van der Waals surface area contributed by atoms with Gasteiger partial charge in [0.15, 0.2) is 6.61 Å². The van der Waals surface area contributed by atoms with E-state index in [4.69, 9.17) is 14.2 Å². The molecule has 0 radical (unpaired) electrons. The normalized spacial score (nSPS) is 13.3. The lowest BCUT2D eigenvalue weighted by atomic mass is 10.2. The van der Waals surface area contributed by atoms with Crippen LogP contribution in [0.4, 0.5) is 5.69 Å². The fraction of sp³-hybridized carbons (Fsp3) is 0.500. The van der Waals surface area contributed by atoms with Gasteiger partial charge in [0.2, 0.25) is 10.0 Å². The molecule has 11 heteroatoms. The molecule has 0 atom stereocenters. The molecule has 9 nitrogen and oxygen atoms in total. The number of benzene rings is 1. The fourth-order valence-electron chi connectivity index (χ4n) is 2.11. The molecule has 1 aromatic carbocycles. The molecule has 1 aliphatic heterocycles. The van der Waals surface area contributed by atoms with Gasteiger partial charge in [-0.3, -0.25) is 4.79 Å². The fourth-order valence-corrected chi connectivity index (χ4v) is 3.30. The van der Waals surface area contributed by atoms with Crippen LogP contribution in [0.2, 0.25) is 0 Å². The van der Waals surface area contributed by atoms with Crippen molar-refractivity contribution < 1.29 is 27.4 Å². The maximum Gasteiger partial charge on any atom is 0.262 e. The molecule has 0 aromatic heterocycles. The van der Waals surface area contributed by atoms with Crippen molar-refractivity contribution in [2.45, 2.75) is 4.90 Å². The van der Waals surface area contributed by atoms with E-state index in [1.807, 2.05) is 0 Å². The molecule has 2 rings (SSSR count). The Bertz CT molecular complexity index is 698. The Labute approximate surface area is 152 Å². The molecule has 1 amide bonds. The number of ether oxygens (including phenoxy) is 3. The number of carbonyl (C=O) groups is 1. The van der Waals surface area contributed by atoms with Crippen molar-refractivity contribution in [1.29, 1.82) is 0 Å². The summed E-state index contributed by atoms with van der Waals surface area (Å²) in [5, 5.41) is 5.64. The lowest BCUT2D eigenvalue weighted by molar-refractivity contribution is -0.118. The summed E-state index contributed by atoms with van der Waals surface area (Å²) in [5.41, 5.74) is 0.378. The highest BCUT2D eigenvalue weighted by Gasteiger charge is 2.25. The molecular formula is C14H22ClN3O6S. The van der Waals surface area contributed by atoms with Gasteiger partial charge < -0.3 is 24.8 Å². The van der Waals surface area contributed by atoms with E-state index in [0.717, 1.165) is 0 Å². The maximum atomic E-state index is 12.5. The van der Waals surface area contributed by atoms with Gasteiger partial charge in [0, 0.05) is 38.9 Å². The molecule has 0 fully saturated rings. The van der Waals surface area contributed by atoms with Crippen LogP contribution in [0.25, 0.3) is 0 Å². The van der Waals surface area contributed by atoms with Gasteiger partial charge in [0.05, 0.1) is 19.4 Å². The monoisotopic (exact) mass is 395 g/mol. The second kappa shape index (κ2) is 9.78. The molecule has 1 aliphatic rings. The van der Waals surface area contributed by atoms with Crippen molar-refractivity contribution in [3.8, 4) is 11.5 Å². The van der Waals surface area contributed by atoms with Gasteiger partial charge in [0.1, 0.15) is 16.4 Å². The van der Waals surface area contributed by atoms with Crippen LogP contribution in [0.15, 0.2) is 17.0 Å². The average Bonchev–Trinajstić information content (AvgIpc) is 2.56. The van der Waals surface area contributed by atoms with Crippen LogP contribution in [0.3, 0.4) is 0 Å². The predicted molar refractivity (Wildman–Crippen MR) is 94.3 cm³/mol. The third-order valence-corrected chi connectivity index (χ3v) is 4.75. The molecule has 1 aromatic rings. The zero-order valence-electron chi connectivity index (χ0n) is 14.0. The second-order valence-electron chi connectivity index (χ2n) is 4.98. The number of methoxy groups -OCH3 is 2. The van der Waals surface area contributed by atoms with E-state index in [-0.39, 0.29) is 47.9 Å². The molecule has 25 heavy (non-hydrogen) atoms. The number of halogens is 1. The Hall–Kier alpha value is -1.59. The molecule has 1 heterocycles. The first kappa shape index (κ1) is 21.5. The first-order valence-corrected chi connectivity index (χ1v) is 8.80. The van der Waals surface area contributed by atoms with Crippen LogP contribution < -0.4 is 24.8 Å². The van der Waals surface area contributed by atoms with Crippen LogP contribution in [0, 0.1) is 0 Å². The second-order valence-corrected chi connectivity index (χ2v) is 6.71. The smallest absolute Gasteiger partial charge is 0.262 e. The summed E-state index contributed by atoms with van der Waals surface area (Å²) in [4.78, 5) is 11.3. The first-order chi connectivity index (χ1) is 11.5. The van der Waals surface area contributed by atoms with Crippen molar-refractivity contribution in [1.82, 2.24) is 10.0 Å². The Morgan fingerprint density at radius 1 is 1.24 bits per heavy atom. The average molecular weight is 396 g/mol. The minimum absolute atomic E-state index is 0. The Morgan fingerprint density at radius 3 is 2.68 bits per heavy atom. The number of carbonyl (C=O) groups excluding carboxylic acids is 1. The largest absolute Gasteiger partial charge is 0.495 e. The van der Waals surface area contributed by atoms with Crippen LogP contribution in [0.1, 0.15) is 0 Å². The Kier molecular flexibility index (Phi) is 8.39. The molecule has 0 saturated heterocycles. The number of hydrogen-bond donors (Lipinski definition) is 3. The third kappa shape index (κ3) is 5.72. The van der Waals surface area contributed by atoms with E-state index in [1.54, 1.807) is 7.11 Å². The summed E-state index contributed by atoms with van der Waals surface area (Å²) in [6.45, 7) is 1.70. The maximum absolute atomic E-state index is 12.5. The van der Waals surface area contributed by atoms with Crippen LogP contribution in [0.5, 0.6) is 11.5 Å².